The second-order valence-corrected chi connectivity index (χ2v) is 5.71. The molecule has 1 unspecified atom stereocenters. The largest absolute Gasteiger partial charge is 0.314 e. The predicted molar refractivity (Wildman–Crippen MR) is 72.7 cm³/mol. The first kappa shape index (κ1) is 12.1. The lowest BCUT2D eigenvalue weighted by Crippen LogP contribution is -2.25. The van der Waals surface area contributed by atoms with Crippen LogP contribution in [0.25, 0.3) is 0 Å². The van der Waals surface area contributed by atoms with Crippen LogP contribution in [0, 0.1) is 5.92 Å². The smallest absolute Gasteiger partial charge is 0.0177 e. The highest BCUT2D eigenvalue weighted by atomic mass is 79.9. The first-order valence-corrected chi connectivity index (χ1v) is 7.05. The Labute approximate surface area is 107 Å². The zero-order valence-electron chi connectivity index (χ0n) is 9.88. The summed E-state index contributed by atoms with van der Waals surface area (Å²) in [4.78, 5) is 0. The van der Waals surface area contributed by atoms with E-state index in [0.29, 0.717) is 0 Å². The number of hydrogen-bond donors (Lipinski definition) is 1. The maximum absolute atomic E-state index is 3.63. The maximum atomic E-state index is 3.63. The fraction of sp³-hybridized carbons (Fsp3) is 0.571. The molecule has 2 rings (SSSR count). The van der Waals surface area contributed by atoms with Crippen LogP contribution < -0.4 is 5.32 Å². The fourth-order valence-electron chi connectivity index (χ4n) is 1.98. The summed E-state index contributed by atoms with van der Waals surface area (Å²) < 4.78 is 1.19. The lowest BCUT2D eigenvalue weighted by atomic mass is 9.97. The Kier molecular flexibility index (Phi) is 4.42. The summed E-state index contributed by atoms with van der Waals surface area (Å²) in [6, 6.07) is 9.51. The Bertz CT molecular complexity index is 333. The molecule has 0 aromatic heterocycles. The molecule has 0 radical (unpaired) electrons. The summed E-state index contributed by atoms with van der Waals surface area (Å²) in [6.07, 6.45) is 5.21. The highest BCUT2D eigenvalue weighted by Gasteiger charge is 2.21. The molecule has 1 fully saturated rings. The highest BCUT2D eigenvalue weighted by Crippen LogP contribution is 2.21. The van der Waals surface area contributed by atoms with Crippen molar-refractivity contribution in [2.45, 2.75) is 38.6 Å². The molecule has 1 nitrogen and oxygen atoms in total. The van der Waals surface area contributed by atoms with Gasteiger partial charge in [-0.2, -0.15) is 0 Å². The molecule has 1 aromatic carbocycles. The van der Waals surface area contributed by atoms with Gasteiger partial charge in [0, 0.05) is 10.5 Å². The van der Waals surface area contributed by atoms with Crippen molar-refractivity contribution in [2.75, 3.05) is 6.54 Å². The van der Waals surface area contributed by atoms with Crippen molar-refractivity contribution >= 4 is 15.9 Å². The Morgan fingerprint density at radius 1 is 1.44 bits per heavy atom. The van der Waals surface area contributed by atoms with E-state index >= 15 is 0 Å². The number of benzene rings is 1. The van der Waals surface area contributed by atoms with Crippen molar-refractivity contribution in [3.8, 4) is 0 Å². The molecule has 0 aliphatic heterocycles. The molecule has 1 N–H and O–H groups in total. The first-order chi connectivity index (χ1) is 7.78. The third-order valence-corrected chi connectivity index (χ3v) is 3.76. The van der Waals surface area contributed by atoms with Crippen LogP contribution in [0.1, 0.15) is 31.7 Å². The van der Waals surface area contributed by atoms with Crippen molar-refractivity contribution in [2.24, 2.45) is 5.92 Å². The van der Waals surface area contributed by atoms with E-state index in [0.717, 1.165) is 12.0 Å². The minimum absolute atomic E-state index is 0.773. The Morgan fingerprint density at radius 3 is 2.88 bits per heavy atom. The van der Waals surface area contributed by atoms with Gasteiger partial charge >= 0.3 is 0 Å². The Hall–Kier alpha value is -0.340. The lowest BCUT2D eigenvalue weighted by molar-refractivity contribution is 0.458. The summed E-state index contributed by atoms with van der Waals surface area (Å²) in [5.41, 5.74) is 1.44. The van der Waals surface area contributed by atoms with Gasteiger partial charge in [0.2, 0.25) is 0 Å². The Morgan fingerprint density at radius 2 is 2.25 bits per heavy atom. The van der Waals surface area contributed by atoms with Crippen molar-refractivity contribution in [1.82, 2.24) is 5.32 Å². The molecule has 1 atom stereocenters. The molecule has 0 spiro atoms. The molecule has 16 heavy (non-hydrogen) atoms. The van der Waals surface area contributed by atoms with E-state index < -0.39 is 0 Å². The molecule has 0 heterocycles. The van der Waals surface area contributed by atoms with Crippen LogP contribution in [-0.2, 0) is 6.42 Å². The van der Waals surface area contributed by atoms with Crippen LogP contribution in [-0.4, -0.2) is 12.6 Å². The molecule has 0 saturated heterocycles. The third kappa shape index (κ3) is 3.91. The molecule has 2 heteroatoms. The van der Waals surface area contributed by atoms with E-state index in [9.17, 15) is 0 Å². The zero-order chi connectivity index (χ0) is 11.4. The summed E-state index contributed by atoms with van der Waals surface area (Å²) in [5, 5.41) is 3.63. The van der Waals surface area contributed by atoms with Crippen molar-refractivity contribution in [3.05, 3.63) is 34.3 Å². The van der Waals surface area contributed by atoms with Crippen LogP contribution in [0.4, 0.5) is 0 Å². The number of halogens is 1. The van der Waals surface area contributed by atoms with E-state index in [4.69, 9.17) is 0 Å². The maximum Gasteiger partial charge on any atom is 0.0177 e. The van der Waals surface area contributed by atoms with Crippen LogP contribution in [0.15, 0.2) is 28.7 Å². The third-order valence-electron chi connectivity index (χ3n) is 3.26. The summed E-state index contributed by atoms with van der Waals surface area (Å²) in [7, 11) is 0. The van der Waals surface area contributed by atoms with E-state index in [-0.39, 0.29) is 0 Å². The van der Waals surface area contributed by atoms with Gasteiger partial charge in [-0.15, -0.1) is 0 Å². The molecule has 0 bridgehead atoms. The molecule has 1 aliphatic carbocycles. The lowest BCUT2D eigenvalue weighted by Gasteiger charge is -2.15. The van der Waals surface area contributed by atoms with Gasteiger partial charge in [0.25, 0.3) is 0 Å². The van der Waals surface area contributed by atoms with Crippen molar-refractivity contribution in [3.63, 3.8) is 0 Å². The molecule has 1 aromatic rings. The van der Waals surface area contributed by atoms with Crippen LogP contribution in [0.3, 0.4) is 0 Å². The van der Waals surface area contributed by atoms with Crippen LogP contribution in [0.2, 0.25) is 0 Å². The zero-order valence-corrected chi connectivity index (χ0v) is 11.5. The number of rotatable bonds is 6. The Balaban J connectivity index is 1.84. The predicted octanol–water partition coefficient (Wildman–Crippen LogP) is 3.77. The topological polar surface area (TPSA) is 12.0 Å². The first-order valence-electron chi connectivity index (χ1n) is 6.25. The summed E-state index contributed by atoms with van der Waals surface area (Å²) in [6.45, 7) is 3.46. The molecule has 1 aliphatic rings. The van der Waals surface area contributed by atoms with Crippen LogP contribution in [0.5, 0.6) is 0 Å². The van der Waals surface area contributed by atoms with Gasteiger partial charge in [0.05, 0.1) is 0 Å². The average Bonchev–Trinajstić information content (AvgIpc) is 3.08. The fourth-order valence-corrected chi connectivity index (χ4v) is 2.43. The SMILES string of the molecule is CCC(CNC1CC1)Cc1cccc(Br)c1. The number of nitrogens with one attached hydrogen (secondary N) is 1. The van der Waals surface area contributed by atoms with Gasteiger partial charge < -0.3 is 5.32 Å². The molecular formula is C14H20BrN. The van der Waals surface area contributed by atoms with E-state index in [2.05, 4.69) is 52.4 Å². The minimum Gasteiger partial charge on any atom is -0.314 e. The molecule has 0 amide bonds. The van der Waals surface area contributed by atoms with E-state index in [1.807, 2.05) is 0 Å². The summed E-state index contributed by atoms with van der Waals surface area (Å²) >= 11 is 3.53. The van der Waals surface area contributed by atoms with Gasteiger partial charge in [-0.3, -0.25) is 0 Å². The standard InChI is InChI=1S/C14H20BrN/c1-2-11(10-16-14-6-7-14)8-12-4-3-5-13(15)9-12/h3-5,9,11,14,16H,2,6-8,10H2,1H3. The van der Waals surface area contributed by atoms with Crippen molar-refractivity contribution in [1.29, 1.82) is 0 Å². The quantitative estimate of drug-likeness (QED) is 0.837. The number of hydrogen-bond acceptors (Lipinski definition) is 1. The second kappa shape index (κ2) is 5.83. The van der Waals surface area contributed by atoms with Gasteiger partial charge in [0.1, 0.15) is 0 Å². The van der Waals surface area contributed by atoms with Gasteiger partial charge in [-0.25, -0.2) is 0 Å². The second-order valence-electron chi connectivity index (χ2n) is 4.79. The van der Waals surface area contributed by atoms with E-state index in [1.165, 1.54) is 42.3 Å². The molecule has 88 valence electrons. The highest BCUT2D eigenvalue weighted by molar-refractivity contribution is 9.10. The molecule has 1 saturated carbocycles. The monoisotopic (exact) mass is 281 g/mol. The molecular weight excluding hydrogens is 262 g/mol. The van der Waals surface area contributed by atoms with Crippen molar-refractivity contribution < 1.29 is 0 Å². The minimum atomic E-state index is 0.773. The summed E-state index contributed by atoms with van der Waals surface area (Å²) in [5.74, 6) is 0.773. The van der Waals surface area contributed by atoms with E-state index in [1.54, 1.807) is 0 Å². The van der Waals surface area contributed by atoms with Gasteiger partial charge in [-0.05, 0) is 49.4 Å². The average molecular weight is 282 g/mol. The van der Waals surface area contributed by atoms with Crippen LogP contribution >= 0.6 is 15.9 Å². The van der Waals surface area contributed by atoms with Gasteiger partial charge in [-0.1, -0.05) is 41.4 Å². The van der Waals surface area contributed by atoms with Gasteiger partial charge in [0.15, 0.2) is 0 Å². The normalized spacial score (nSPS) is 17.4.